The number of hydrogen-bond acceptors (Lipinski definition) is 6. The van der Waals surface area contributed by atoms with E-state index in [9.17, 15) is 4.79 Å². The Kier molecular flexibility index (Phi) is 4.73. The second kappa shape index (κ2) is 7.34. The minimum atomic E-state index is -0.0836. The maximum atomic E-state index is 12.6. The first-order chi connectivity index (χ1) is 13.5. The summed E-state index contributed by atoms with van der Waals surface area (Å²) in [6.45, 7) is 4.55. The van der Waals surface area contributed by atoms with Crippen LogP contribution in [-0.4, -0.2) is 34.7 Å². The average Bonchev–Trinajstić information content (AvgIpc) is 2.95. The summed E-state index contributed by atoms with van der Waals surface area (Å²) in [5.74, 6) is 2.01. The Morgan fingerprint density at radius 2 is 2.07 bits per heavy atom. The van der Waals surface area contributed by atoms with Gasteiger partial charge in [-0.3, -0.25) is 4.79 Å². The van der Waals surface area contributed by atoms with Crippen molar-refractivity contribution < 1.29 is 18.8 Å². The molecule has 0 bridgehead atoms. The minimum absolute atomic E-state index is 0.0106. The van der Waals surface area contributed by atoms with Crippen molar-refractivity contribution in [1.82, 2.24) is 15.0 Å². The van der Waals surface area contributed by atoms with E-state index in [0.29, 0.717) is 30.3 Å². The van der Waals surface area contributed by atoms with Gasteiger partial charge in [0, 0.05) is 6.54 Å². The molecule has 0 saturated heterocycles. The number of fused-ring (bicyclic) bond motifs is 1. The zero-order chi connectivity index (χ0) is 19.7. The zero-order valence-electron chi connectivity index (χ0n) is 16.1. The van der Waals surface area contributed by atoms with Crippen LogP contribution in [0.5, 0.6) is 11.5 Å². The second-order valence-corrected chi connectivity index (χ2v) is 6.73. The molecular formula is C21H21N3O4. The second-order valence-electron chi connectivity index (χ2n) is 6.73. The van der Waals surface area contributed by atoms with Crippen molar-refractivity contribution in [3.63, 3.8) is 0 Å². The molecular weight excluding hydrogens is 358 g/mol. The third-order valence-electron chi connectivity index (χ3n) is 4.77. The molecule has 0 fully saturated rings. The lowest BCUT2D eigenvalue weighted by molar-refractivity contribution is -0.133. The number of ether oxygens (including phenoxy) is 2. The summed E-state index contributed by atoms with van der Waals surface area (Å²) >= 11 is 0. The van der Waals surface area contributed by atoms with Gasteiger partial charge in [-0.2, -0.15) is 0 Å². The highest BCUT2D eigenvalue weighted by atomic mass is 16.5. The molecule has 1 amide bonds. The van der Waals surface area contributed by atoms with E-state index in [2.05, 4.69) is 5.16 Å². The van der Waals surface area contributed by atoms with E-state index in [1.54, 1.807) is 12.0 Å². The number of carbonyl (C=O) groups excluding carboxylic acids is 1. The molecule has 0 atom stereocenters. The maximum Gasteiger partial charge on any atom is 0.261 e. The number of pyridine rings is 1. The molecule has 0 radical (unpaired) electrons. The Labute approximate surface area is 162 Å². The van der Waals surface area contributed by atoms with Crippen LogP contribution in [0.4, 0.5) is 0 Å². The summed E-state index contributed by atoms with van der Waals surface area (Å²) in [6.07, 6.45) is 0. The number of aromatic nitrogens is 2. The first-order valence-corrected chi connectivity index (χ1v) is 9.02. The molecule has 7 nitrogen and oxygen atoms in total. The maximum absolute atomic E-state index is 12.6. The fraction of sp³-hybridized carbons (Fsp3) is 0.286. The van der Waals surface area contributed by atoms with E-state index in [1.807, 2.05) is 50.2 Å². The molecule has 3 heterocycles. The molecule has 0 spiro atoms. The van der Waals surface area contributed by atoms with Crippen LogP contribution in [-0.2, 0) is 17.9 Å². The number of methoxy groups -OCH3 is 1. The van der Waals surface area contributed by atoms with Crippen molar-refractivity contribution in [2.24, 2.45) is 0 Å². The quantitative estimate of drug-likeness (QED) is 0.692. The van der Waals surface area contributed by atoms with Crippen molar-refractivity contribution in [2.75, 3.05) is 13.7 Å². The molecule has 1 aliphatic heterocycles. The summed E-state index contributed by atoms with van der Waals surface area (Å²) in [5, 5.41) is 4.00. The smallest absolute Gasteiger partial charge is 0.261 e. The average molecular weight is 379 g/mol. The lowest BCUT2D eigenvalue weighted by atomic mass is 10.1. The minimum Gasteiger partial charge on any atom is -0.497 e. The Morgan fingerprint density at radius 1 is 1.21 bits per heavy atom. The number of rotatable bonds is 4. The fourth-order valence-electron chi connectivity index (χ4n) is 3.36. The molecule has 28 heavy (non-hydrogen) atoms. The lowest BCUT2D eigenvalue weighted by Crippen LogP contribution is -2.32. The number of benzene rings is 1. The van der Waals surface area contributed by atoms with Gasteiger partial charge in [-0.05, 0) is 43.7 Å². The van der Waals surface area contributed by atoms with Crippen LogP contribution >= 0.6 is 0 Å². The van der Waals surface area contributed by atoms with Gasteiger partial charge < -0.3 is 18.9 Å². The third kappa shape index (κ3) is 3.43. The van der Waals surface area contributed by atoms with E-state index in [-0.39, 0.29) is 12.5 Å². The summed E-state index contributed by atoms with van der Waals surface area (Å²) in [6, 6.07) is 11.4. The topological polar surface area (TPSA) is 77.7 Å². The van der Waals surface area contributed by atoms with Gasteiger partial charge in [-0.25, -0.2) is 4.98 Å². The van der Waals surface area contributed by atoms with Crippen LogP contribution in [0, 0.1) is 13.8 Å². The van der Waals surface area contributed by atoms with Crippen molar-refractivity contribution in [1.29, 1.82) is 0 Å². The molecule has 0 N–H and O–H groups in total. The Morgan fingerprint density at radius 3 is 2.82 bits per heavy atom. The van der Waals surface area contributed by atoms with Crippen LogP contribution < -0.4 is 9.47 Å². The van der Waals surface area contributed by atoms with E-state index >= 15 is 0 Å². The van der Waals surface area contributed by atoms with Crippen molar-refractivity contribution in [3.8, 4) is 22.8 Å². The van der Waals surface area contributed by atoms with Crippen molar-refractivity contribution >= 4 is 5.91 Å². The molecule has 2 aromatic heterocycles. The van der Waals surface area contributed by atoms with Crippen LogP contribution in [0.2, 0.25) is 0 Å². The van der Waals surface area contributed by atoms with Gasteiger partial charge in [0.1, 0.15) is 23.0 Å². The molecule has 1 aliphatic rings. The van der Waals surface area contributed by atoms with Crippen LogP contribution in [0.1, 0.15) is 22.7 Å². The highest BCUT2D eigenvalue weighted by Crippen LogP contribution is 2.30. The fourth-order valence-corrected chi connectivity index (χ4v) is 3.36. The first-order valence-electron chi connectivity index (χ1n) is 9.02. The number of nitrogens with zero attached hydrogens (tertiary/aromatic N) is 3. The van der Waals surface area contributed by atoms with Crippen molar-refractivity contribution in [2.45, 2.75) is 26.9 Å². The molecule has 0 saturated carbocycles. The molecule has 7 heteroatoms. The molecule has 0 aliphatic carbocycles. The van der Waals surface area contributed by atoms with E-state index in [4.69, 9.17) is 19.0 Å². The normalized spacial score (nSPS) is 13.7. The first kappa shape index (κ1) is 18.0. The van der Waals surface area contributed by atoms with E-state index in [0.717, 1.165) is 28.3 Å². The van der Waals surface area contributed by atoms with Gasteiger partial charge >= 0.3 is 0 Å². The number of aryl methyl sites for hydroxylation is 2. The van der Waals surface area contributed by atoms with Crippen molar-refractivity contribution in [3.05, 3.63) is 59.1 Å². The summed E-state index contributed by atoms with van der Waals surface area (Å²) in [7, 11) is 1.63. The van der Waals surface area contributed by atoms with Crippen LogP contribution in [0.3, 0.4) is 0 Å². The third-order valence-corrected chi connectivity index (χ3v) is 4.77. The van der Waals surface area contributed by atoms with Crippen LogP contribution in [0.25, 0.3) is 11.3 Å². The Balaban J connectivity index is 1.64. The van der Waals surface area contributed by atoms with Gasteiger partial charge in [0.15, 0.2) is 6.61 Å². The largest absolute Gasteiger partial charge is 0.497 e. The molecule has 3 aromatic rings. The summed E-state index contributed by atoms with van der Waals surface area (Å²) in [4.78, 5) is 19.1. The number of carbonyl (C=O) groups is 1. The Hall–Kier alpha value is -3.35. The van der Waals surface area contributed by atoms with E-state index < -0.39 is 0 Å². The summed E-state index contributed by atoms with van der Waals surface area (Å²) < 4.78 is 16.2. The molecule has 4 rings (SSSR count). The molecule has 0 unspecified atom stereocenters. The van der Waals surface area contributed by atoms with Gasteiger partial charge in [0.05, 0.1) is 30.6 Å². The number of hydrogen-bond donors (Lipinski definition) is 0. The lowest BCUT2D eigenvalue weighted by Gasteiger charge is -2.20. The molecule has 1 aromatic carbocycles. The highest BCUT2D eigenvalue weighted by Gasteiger charge is 2.24. The van der Waals surface area contributed by atoms with E-state index in [1.165, 1.54) is 0 Å². The SMILES string of the molecule is COc1cccc(CN2Cc3nc(-c4c(C)noc4C)ccc3OCC2=O)c1. The Bertz CT molecular complexity index is 1010. The number of amides is 1. The van der Waals surface area contributed by atoms with Gasteiger partial charge in [-0.1, -0.05) is 17.3 Å². The predicted molar refractivity (Wildman–Crippen MR) is 102 cm³/mol. The highest BCUT2D eigenvalue weighted by molar-refractivity contribution is 5.78. The van der Waals surface area contributed by atoms with Gasteiger partial charge in [0.25, 0.3) is 5.91 Å². The zero-order valence-corrected chi connectivity index (χ0v) is 16.1. The van der Waals surface area contributed by atoms with Gasteiger partial charge in [-0.15, -0.1) is 0 Å². The molecule has 144 valence electrons. The van der Waals surface area contributed by atoms with Gasteiger partial charge in [0.2, 0.25) is 0 Å². The predicted octanol–water partition coefficient (Wildman–Crippen LogP) is 3.28. The van der Waals surface area contributed by atoms with Crippen LogP contribution in [0.15, 0.2) is 40.9 Å². The summed E-state index contributed by atoms with van der Waals surface area (Å²) in [5.41, 5.74) is 4.11. The monoisotopic (exact) mass is 379 g/mol. The standard InChI is InChI=1S/C21H21N3O4/c1-13-21(14(2)28-23-13)17-7-8-19-18(22-17)11-24(20(25)12-27-19)10-15-5-4-6-16(9-15)26-3/h4-9H,10-12H2,1-3H3.